The Morgan fingerprint density at radius 1 is 0.895 bits per heavy atom. The monoisotopic (exact) mass is 331 g/mol. The van der Waals surface area contributed by atoms with Crippen molar-refractivity contribution in [3.05, 3.63) is 0 Å². The molecule has 0 spiro atoms. The summed E-state index contributed by atoms with van der Waals surface area (Å²) in [6.45, 7) is 0. The molecule has 0 aromatic heterocycles. The number of alkyl halides is 1. The first-order chi connectivity index (χ1) is 9.33. The van der Waals surface area contributed by atoms with Crippen LogP contribution in [-0.2, 0) is 4.79 Å². The zero-order valence-electron chi connectivity index (χ0n) is 12.3. The van der Waals surface area contributed by atoms with E-state index in [0.29, 0.717) is 6.04 Å². The topological polar surface area (TPSA) is 29.1 Å². The molecule has 19 heavy (non-hydrogen) atoms. The second-order valence-electron chi connectivity index (χ2n) is 5.82. The number of amides is 1. The predicted molar refractivity (Wildman–Crippen MR) is 85.7 cm³/mol. The van der Waals surface area contributed by atoms with Gasteiger partial charge < -0.3 is 5.32 Å². The molecule has 1 aliphatic rings. The Kier molecular flexibility index (Phi) is 10.5. The van der Waals surface area contributed by atoms with Gasteiger partial charge >= 0.3 is 0 Å². The van der Waals surface area contributed by atoms with Crippen LogP contribution < -0.4 is 5.32 Å². The summed E-state index contributed by atoms with van der Waals surface area (Å²) in [5, 5.41) is 4.30. The molecular weight excluding hydrogens is 302 g/mol. The zero-order valence-corrected chi connectivity index (χ0v) is 13.8. The SMILES string of the molecule is O=C(CCCCCCCCCCBr)NC1CCCC1. The van der Waals surface area contributed by atoms with Gasteiger partial charge in [0, 0.05) is 17.8 Å². The third-order valence-electron chi connectivity index (χ3n) is 4.01. The first-order valence-electron chi connectivity index (χ1n) is 8.18. The molecule has 1 rings (SSSR count). The van der Waals surface area contributed by atoms with Crippen LogP contribution in [0, 0.1) is 0 Å². The molecule has 0 bridgehead atoms. The number of hydrogen-bond acceptors (Lipinski definition) is 1. The molecule has 0 saturated heterocycles. The molecule has 0 heterocycles. The van der Waals surface area contributed by atoms with Crippen molar-refractivity contribution < 1.29 is 4.79 Å². The average Bonchev–Trinajstić information content (AvgIpc) is 2.89. The van der Waals surface area contributed by atoms with Crippen molar-refractivity contribution >= 4 is 21.8 Å². The van der Waals surface area contributed by atoms with Crippen molar-refractivity contribution in [3.63, 3.8) is 0 Å². The van der Waals surface area contributed by atoms with E-state index in [4.69, 9.17) is 0 Å². The smallest absolute Gasteiger partial charge is 0.220 e. The van der Waals surface area contributed by atoms with Crippen molar-refractivity contribution in [1.82, 2.24) is 5.32 Å². The minimum Gasteiger partial charge on any atom is -0.353 e. The second kappa shape index (κ2) is 11.7. The molecule has 0 aromatic carbocycles. The van der Waals surface area contributed by atoms with Crippen molar-refractivity contribution in [1.29, 1.82) is 0 Å². The number of carbonyl (C=O) groups is 1. The van der Waals surface area contributed by atoms with Gasteiger partial charge in [-0.1, -0.05) is 67.3 Å². The highest BCUT2D eigenvalue weighted by atomic mass is 79.9. The number of nitrogens with one attached hydrogen (secondary N) is 1. The van der Waals surface area contributed by atoms with Crippen LogP contribution in [0.4, 0.5) is 0 Å². The number of halogens is 1. The lowest BCUT2D eigenvalue weighted by Crippen LogP contribution is -2.32. The minimum atomic E-state index is 0.282. The van der Waals surface area contributed by atoms with Crippen LogP contribution in [0.5, 0.6) is 0 Å². The van der Waals surface area contributed by atoms with E-state index in [9.17, 15) is 4.79 Å². The second-order valence-corrected chi connectivity index (χ2v) is 6.61. The van der Waals surface area contributed by atoms with Crippen LogP contribution in [0.25, 0.3) is 0 Å². The van der Waals surface area contributed by atoms with Gasteiger partial charge in [0.2, 0.25) is 5.91 Å². The third-order valence-corrected chi connectivity index (χ3v) is 4.57. The van der Waals surface area contributed by atoms with Crippen LogP contribution in [0.15, 0.2) is 0 Å². The van der Waals surface area contributed by atoms with Crippen LogP contribution in [0.2, 0.25) is 0 Å². The van der Waals surface area contributed by atoms with Gasteiger partial charge in [0.25, 0.3) is 0 Å². The third kappa shape index (κ3) is 9.48. The van der Waals surface area contributed by atoms with Crippen molar-refractivity contribution in [2.45, 2.75) is 89.5 Å². The Balaban J connectivity index is 1.80. The molecule has 0 aliphatic heterocycles. The summed E-state index contributed by atoms with van der Waals surface area (Å²) in [7, 11) is 0. The lowest BCUT2D eigenvalue weighted by Gasteiger charge is -2.11. The van der Waals surface area contributed by atoms with Crippen LogP contribution in [0.3, 0.4) is 0 Å². The Morgan fingerprint density at radius 2 is 1.42 bits per heavy atom. The van der Waals surface area contributed by atoms with E-state index >= 15 is 0 Å². The predicted octanol–water partition coefficient (Wildman–Crippen LogP) is 4.95. The Bertz CT molecular complexity index is 227. The van der Waals surface area contributed by atoms with Gasteiger partial charge in [0.05, 0.1) is 0 Å². The van der Waals surface area contributed by atoms with Gasteiger partial charge in [-0.15, -0.1) is 0 Å². The number of unbranched alkanes of at least 4 members (excludes halogenated alkanes) is 7. The van der Waals surface area contributed by atoms with Crippen LogP contribution in [0.1, 0.15) is 83.5 Å². The van der Waals surface area contributed by atoms with Crippen LogP contribution >= 0.6 is 15.9 Å². The van der Waals surface area contributed by atoms with Gasteiger partial charge in [0.15, 0.2) is 0 Å². The van der Waals surface area contributed by atoms with Crippen molar-refractivity contribution in [2.24, 2.45) is 0 Å². The molecule has 1 aliphatic carbocycles. The number of rotatable bonds is 11. The van der Waals surface area contributed by atoms with Gasteiger partial charge in [-0.2, -0.15) is 0 Å². The zero-order chi connectivity index (χ0) is 13.8. The molecule has 0 aromatic rings. The van der Waals surface area contributed by atoms with Gasteiger partial charge in [-0.05, 0) is 25.7 Å². The molecule has 1 N–H and O–H groups in total. The fraction of sp³-hybridized carbons (Fsp3) is 0.938. The van der Waals surface area contributed by atoms with Crippen LogP contribution in [-0.4, -0.2) is 17.3 Å². The Labute approximate surface area is 127 Å². The first kappa shape index (κ1) is 17.0. The largest absolute Gasteiger partial charge is 0.353 e. The normalized spacial score (nSPS) is 15.8. The standard InChI is InChI=1S/C16H30BrNO/c17-14-10-6-4-2-1-3-5-7-13-16(19)18-15-11-8-9-12-15/h15H,1-14H2,(H,18,19). The lowest BCUT2D eigenvalue weighted by molar-refractivity contribution is -0.121. The molecule has 0 unspecified atom stereocenters. The quantitative estimate of drug-likeness (QED) is 0.421. The maximum atomic E-state index is 11.7. The highest BCUT2D eigenvalue weighted by Gasteiger charge is 2.16. The lowest BCUT2D eigenvalue weighted by atomic mass is 10.1. The number of carbonyl (C=O) groups excluding carboxylic acids is 1. The molecule has 1 amide bonds. The summed E-state index contributed by atoms with van der Waals surface area (Å²) in [5.74, 6) is 0.282. The summed E-state index contributed by atoms with van der Waals surface area (Å²) in [6, 6.07) is 0.488. The summed E-state index contributed by atoms with van der Waals surface area (Å²) >= 11 is 3.46. The summed E-state index contributed by atoms with van der Waals surface area (Å²) in [5.41, 5.74) is 0. The maximum Gasteiger partial charge on any atom is 0.220 e. The molecule has 1 saturated carbocycles. The molecule has 1 fully saturated rings. The Morgan fingerprint density at radius 3 is 2.00 bits per heavy atom. The van der Waals surface area contributed by atoms with Gasteiger partial charge in [-0.3, -0.25) is 4.79 Å². The molecule has 0 radical (unpaired) electrons. The van der Waals surface area contributed by atoms with E-state index in [1.54, 1.807) is 0 Å². The first-order valence-corrected chi connectivity index (χ1v) is 9.30. The molecule has 112 valence electrons. The fourth-order valence-corrected chi connectivity index (χ4v) is 3.21. The molecule has 2 nitrogen and oxygen atoms in total. The Hall–Kier alpha value is -0.0500. The van der Waals surface area contributed by atoms with E-state index in [0.717, 1.165) is 18.2 Å². The van der Waals surface area contributed by atoms with Crippen molar-refractivity contribution in [3.8, 4) is 0 Å². The maximum absolute atomic E-state index is 11.7. The fourth-order valence-electron chi connectivity index (χ4n) is 2.81. The van der Waals surface area contributed by atoms with Crippen molar-refractivity contribution in [2.75, 3.05) is 5.33 Å². The van der Waals surface area contributed by atoms with Gasteiger partial charge in [0.1, 0.15) is 0 Å². The summed E-state index contributed by atoms with van der Waals surface area (Å²) < 4.78 is 0. The number of hydrogen-bond donors (Lipinski definition) is 1. The highest BCUT2D eigenvalue weighted by molar-refractivity contribution is 9.09. The molecular formula is C16H30BrNO. The van der Waals surface area contributed by atoms with E-state index in [1.165, 1.54) is 70.6 Å². The average molecular weight is 332 g/mol. The van der Waals surface area contributed by atoms with E-state index < -0.39 is 0 Å². The van der Waals surface area contributed by atoms with E-state index in [-0.39, 0.29) is 5.91 Å². The molecule has 0 atom stereocenters. The highest BCUT2D eigenvalue weighted by Crippen LogP contribution is 2.18. The van der Waals surface area contributed by atoms with E-state index in [1.807, 2.05) is 0 Å². The summed E-state index contributed by atoms with van der Waals surface area (Å²) in [4.78, 5) is 11.7. The summed E-state index contributed by atoms with van der Waals surface area (Å²) in [6.07, 6.45) is 16.0. The van der Waals surface area contributed by atoms with E-state index in [2.05, 4.69) is 21.2 Å². The minimum absolute atomic E-state index is 0.282. The van der Waals surface area contributed by atoms with Gasteiger partial charge in [-0.25, -0.2) is 0 Å². The molecule has 3 heteroatoms.